The number of aromatic nitrogens is 4. The fourth-order valence-corrected chi connectivity index (χ4v) is 7.86. The predicted octanol–water partition coefficient (Wildman–Crippen LogP) is 5.49. The third kappa shape index (κ3) is 5.86. The molecule has 5 aromatic rings. The molecule has 47 heavy (non-hydrogen) atoms. The summed E-state index contributed by atoms with van der Waals surface area (Å²) in [7, 11) is 2.15. The molecule has 3 saturated heterocycles. The van der Waals surface area contributed by atoms with Gasteiger partial charge in [-0.2, -0.15) is 9.97 Å². The summed E-state index contributed by atoms with van der Waals surface area (Å²) < 4.78 is 8.38. The summed E-state index contributed by atoms with van der Waals surface area (Å²) in [4.78, 5) is 34.3. The van der Waals surface area contributed by atoms with Gasteiger partial charge in [0.2, 0.25) is 5.91 Å². The molecule has 10 nitrogen and oxygen atoms in total. The second-order valence-electron chi connectivity index (χ2n) is 13.4. The molecule has 3 aliphatic heterocycles. The first-order valence-electron chi connectivity index (χ1n) is 16.9. The van der Waals surface area contributed by atoms with Crippen molar-refractivity contribution < 1.29 is 14.6 Å². The number of fused-ring (bicyclic) bond motifs is 4. The molecule has 10 heteroatoms. The van der Waals surface area contributed by atoms with Crippen molar-refractivity contribution >= 4 is 33.4 Å². The van der Waals surface area contributed by atoms with E-state index < -0.39 is 0 Å². The molecule has 0 radical (unpaired) electrons. The number of phenolic OH excluding ortho intramolecular Hbond substituents is 1. The summed E-state index contributed by atoms with van der Waals surface area (Å²) in [6.07, 6.45) is 11.2. The summed E-state index contributed by atoms with van der Waals surface area (Å²) in [5.74, 6) is 1.34. The Balaban J connectivity index is 1.11. The minimum absolute atomic E-state index is 0.188. The number of carbonyl (C=O) groups excluding carboxylic acids is 1. The van der Waals surface area contributed by atoms with Gasteiger partial charge in [0, 0.05) is 62.0 Å². The molecule has 3 aliphatic rings. The standard InChI is InChI=1S/C37H41N7O3/c1-41-15-4-7-29(41)23-47-37-39-34-19-26(33-20-30(45)18-25-6-2-3-8-31(25)33)10-13-32(34)36(40-37)44-27-11-12-28(44)22-43(21-27)35(46)9-5-16-42-17-14-38-24-42/h2-3,6,8,10,13-14,17-20,24,27-29,45H,4-5,7,9,11-12,15-16,21-23H2,1H3/t27-,28+,29-/m0/s1. The molecule has 0 spiro atoms. The van der Waals surface area contributed by atoms with Crippen LogP contribution < -0.4 is 9.64 Å². The Hall–Kier alpha value is -4.70. The second-order valence-corrected chi connectivity index (χ2v) is 13.4. The van der Waals surface area contributed by atoms with Gasteiger partial charge < -0.3 is 29.1 Å². The van der Waals surface area contributed by atoms with E-state index in [2.05, 4.69) is 51.0 Å². The van der Waals surface area contributed by atoms with E-state index in [4.69, 9.17) is 14.7 Å². The normalized spacial score (nSPS) is 21.3. The number of aromatic hydroxyl groups is 1. The van der Waals surface area contributed by atoms with Gasteiger partial charge in [0.25, 0.3) is 0 Å². The molecule has 3 aromatic carbocycles. The van der Waals surface area contributed by atoms with Gasteiger partial charge in [-0.3, -0.25) is 4.79 Å². The molecule has 8 rings (SSSR count). The van der Waals surface area contributed by atoms with Crippen LogP contribution in [0.25, 0.3) is 32.8 Å². The first kappa shape index (κ1) is 29.7. The Kier molecular flexibility index (Phi) is 7.88. The van der Waals surface area contributed by atoms with Crippen LogP contribution in [0.4, 0.5) is 5.82 Å². The molecule has 5 heterocycles. The van der Waals surface area contributed by atoms with Crippen LogP contribution in [-0.4, -0.2) is 91.7 Å². The number of phenols is 1. The third-order valence-corrected chi connectivity index (χ3v) is 10.3. The number of anilines is 1. The van der Waals surface area contributed by atoms with Crippen LogP contribution in [0.2, 0.25) is 0 Å². The minimum Gasteiger partial charge on any atom is -0.508 e. The number of carbonyl (C=O) groups is 1. The Morgan fingerprint density at radius 3 is 2.64 bits per heavy atom. The van der Waals surface area contributed by atoms with E-state index in [0.717, 1.165) is 77.4 Å². The van der Waals surface area contributed by atoms with Crippen LogP contribution in [0.1, 0.15) is 38.5 Å². The number of aryl methyl sites for hydroxylation is 1. The summed E-state index contributed by atoms with van der Waals surface area (Å²) >= 11 is 0. The Labute approximate surface area is 274 Å². The second kappa shape index (κ2) is 12.5. The van der Waals surface area contributed by atoms with E-state index in [1.807, 2.05) is 35.0 Å². The molecular formula is C37H41N7O3. The van der Waals surface area contributed by atoms with E-state index in [-0.39, 0.29) is 23.7 Å². The van der Waals surface area contributed by atoms with Crippen molar-refractivity contribution in [3.8, 4) is 22.9 Å². The van der Waals surface area contributed by atoms with E-state index in [9.17, 15) is 9.90 Å². The first-order chi connectivity index (χ1) is 23.0. The highest BCUT2D eigenvalue weighted by Crippen LogP contribution is 2.40. The highest BCUT2D eigenvalue weighted by atomic mass is 16.5. The van der Waals surface area contributed by atoms with Gasteiger partial charge in [-0.15, -0.1) is 0 Å². The minimum atomic E-state index is 0.188. The maximum atomic E-state index is 13.3. The Morgan fingerprint density at radius 1 is 1.00 bits per heavy atom. The molecule has 0 saturated carbocycles. The van der Waals surface area contributed by atoms with Crippen molar-refractivity contribution in [2.24, 2.45) is 0 Å². The van der Waals surface area contributed by atoms with E-state index >= 15 is 0 Å². The number of likely N-dealkylation sites (tertiary alicyclic amines) is 2. The number of hydrogen-bond acceptors (Lipinski definition) is 8. The summed E-state index contributed by atoms with van der Waals surface area (Å²) in [6, 6.07) is 19.2. The number of nitrogens with zero attached hydrogens (tertiary/aromatic N) is 7. The van der Waals surface area contributed by atoms with Gasteiger partial charge in [-0.25, -0.2) is 4.98 Å². The lowest BCUT2D eigenvalue weighted by molar-refractivity contribution is -0.132. The lowest BCUT2D eigenvalue weighted by Crippen LogP contribution is -2.55. The summed E-state index contributed by atoms with van der Waals surface area (Å²) in [6.45, 7) is 3.82. The molecule has 0 aliphatic carbocycles. The van der Waals surface area contributed by atoms with Crippen molar-refractivity contribution in [2.75, 3.05) is 38.2 Å². The number of piperazine rings is 1. The van der Waals surface area contributed by atoms with Crippen molar-refractivity contribution in [3.63, 3.8) is 0 Å². The van der Waals surface area contributed by atoms with Gasteiger partial charge >= 0.3 is 6.01 Å². The summed E-state index contributed by atoms with van der Waals surface area (Å²) in [5.41, 5.74) is 2.75. The lowest BCUT2D eigenvalue weighted by Gasteiger charge is -2.42. The topological polar surface area (TPSA) is 99.9 Å². The zero-order valence-electron chi connectivity index (χ0n) is 26.8. The average molecular weight is 632 g/mol. The molecule has 2 bridgehead atoms. The zero-order chi connectivity index (χ0) is 31.9. The summed E-state index contributed by atoms with van der Waals surface area (Å²) in [5, 5.41) is 13.6. The van der Waals surface area contributed by atoms with Crippen LogP contribution in [-0.2, 0) is 11.3 Å². The number of imidazole rings is 1. The number of likely N-dealkylation sites (N-methyl/N-ethyl adjacent to an activating group) is 1. The number of amides is 1. The average Bonchev–Trinajstić information content (AvgIpc) is 3.81. The van der Waals surface area contributed by atoms with Crippen molar-refractivity contribution in [1.29, 1.82) is 0 Å². The van der Waals surface area contributed by atoms with Gasteiger partial charge in [-0.1, -0.05) is 30.3 Å². The third-order valence-electron chi connectivity index (χ3n) is 10.3. The number of rotatable bonds is 9. The maximum absolute atomic E-state index is 13.3. The van der Waals surface area contributed by atoms with Crippen LogP contribution >= 0.6 is 0 Å². The maximum Gasteiger partial charge on any atom is 0.319 e. The largest absolute Gasteiger partial charge is 0.508 e. The SMILES string of the molecule is CN1CCC[C@H]1COc1nc(N2[C@@H]3CC[C@H]2CN(C(=O)CCCn2ccnc2)C3)c2ccc(-c3cc(O)cc4ccccc34)cc2n1. The van der Waals surface area contributed by atoms with Crippen LogP contribution in [0, 0.1) is 0 Å². The number of hydrogen-bond donors (Lipinski definition) is 1. The van der Waals surface area contributed by atoms with Gasteiger partial charge in [0.05, 0.1) is 11.8 Å². The number of benzene rings is 3. The van der Waals surface area contributed by atoms with E-state index in [1.165, 1.54) is 6.42 Å². The molecule has 3 atom stereocenters. The van der Waals surface area contributed by atoms with Crippen LogP contribution in [0.15, 0.2) is 73.3 Å². The van der Waals surface area contributed by atoms with Gasteiger partial charge in [0.1, 0.15) is 18.2 Å². The van der Waals surface area contributed by atoms with E-state index in [1.54, 1.807) is 18.6 Å². The smallest absolute Gasteiger partial charge is 0.319 e. The highest BCUT2D eigenvalue weighted by Gasteiger charge is 2.42. The monoisotopic (exact) mass is 631 g/mol. The first-order valence-corrected chi connectivity index (χ1v) is 16.9. The molecule has 242 valence electrons. The highest BCUT2D eigenvalue weighted by molar-refractivity contribution is 6.01. The molecule has 3 fully saturated rings. The van der Waals surface area contributed by atoms with Gasteiger partial charge in [-0.05, 0) is 91.9 Å². The van der Waals surface area contributed by atoms with Crippen molar-refractivity contribution in [2.45, 2.75) is 63.2 Å². The zero-order valence-corrected chi connectivity index (χ0v) is 26.8. The Morgan fingerprint density at radius 2 is 1.85 bits per heavy atom. The number of ether oxygens (including phenoxy) is 1. The molecule has 0 unspecified atom stereocenters. The molecular weight excluding hydrogens is 590 g/mol. The fourth-order valence-electron chi connectivity index (χ4n) is 7.86. The quantitative estimate of drug-likeness (QED) is 0.228. The van der Waals surface area contributed by atoms with Crippen molar-refractivity contribution in [3.05, 3.63) is 73.3 Å². The Bertz CT molecular complexity index is 1900. The molecule has 1 amide bonds. The molecule has 1 N–H and O–H groups in total. The predicted molar refractivity (Wildman–Crippen MR) is 183 cm³/mol. The molecule has 2 aromatic heterocycles. The van der Waals surface area contributed by atoms with Crippen LogP contribution in [0.3, 0.4) is 0 Å². The fraction of sp³-hybridized carbons (Fsp3) is 0.405. The van der Waals surface area contributed by atoms with Gasteiger partial charge in [0.15, 0.2) is 0 Å². The van der Waals surface area contributed by atoms with E-state index in [0.29, 0.717) is 38.2 Å². The lowest BCUT2D eigenvalue weighted by atomic mass is 9.97. The van der Waals surface area contributed by atoms with Crippen LogP contribution in [0.5, 0.6) is 11.8 Å². The van der Waals surface area contributed by atoms with Crippen molar-refractivity contribution in [1.82, 2.24) is 29.3 Å².